The molecular weight excluding hydrogens is 369 g/mol. The molecule has 1 aromatic rings. The molecule has 2 N–H and O–H groups in total. The van der Waals surface area contributed by atoms with Crippen molar-refractivity contribution < 1.29 is 17.9 Å². The summed E-state index contributed by atoms with van der Waals surface area (Å²) in [6.07, 6.45) is -1.90. The highest BCUT2D eigenvalue weighted by molar-refractivity contribution is 5.79. The van der Waals surface area contributed by atoms with Crippen molar-refractivity contribution >= 4 is 5.96 Å². The summed E-state index contributed by atoms with van der Waals surface area (Å²) in [6.45, 7) is 5.23. The maximum absolute atomic E-state index is 12.1. The van der Waals surface area contributed by atoms with Gasteiger partial charge in [-0.3, -0.25) is 0 Å². The largest absolute Gasteiger partial charge is 0.411 e. The Morgan fingerprint density at radius 2 is 1.79 bits per heavy atom. The van der Waals surface area contributed by atoms with E-state index in [4.69, 9.17) is 0 Å². The Morgan fingerprint density at radius 3 is 2.39 bits per heavy atom. The molecule has 1 aliphatic rings. The van der Waals surface area contributed by atoms with E-state index in [1.165, 1.54) is 12.8 Å². The molecule has 0 unspecified atom stereocenters. The van der Waals surface area contributed by atoms with Crippen LogP contribution in [0, 0.1) is 5.92 Å². The molecule has 1 fully saturated rings. The van der Waals surface area contributed by atoms with E-state index in [2.05, 4.69) is 32.3 Å². The average molecular weight is 400 g/mol. The molecule has 1 heterocycles. The fourth-order valence-corrected chi connectivity index (χ4v) is 3.04. The van der Waals surface area contributed by atoms with Crippen LogP contribution in [0.4, 0.5) is 13.2 Å². The van der Waals surface area contributed by atoms with Crippen molar-refractivity contribution in [1.82, 2.24) is 15.5 Å². The standard InChI is InChI=1S/C20H31F3N4O/c1-3-24-19(26-13-17-8-10-27(2)11-9-17)25-12-16-4-6-18(7-5-16)14-28-15-20(21,22)23/h4-7,17H,3,8-15H2,1-2H3,(H2,24,25,26). The Bertz CT molecular complexity index is 596. The molecule has 0 amide bonds. The third-order valence-corrected chi connectivity index (χ3v) is 4.72. The molecule has 0 bridgehead atoms. The lowest BCUT2D eigenvalue weighted by molar-refractivity contribution is -0.176. The number of halogens is 3. The van der Waals surface area contributed by atoms with E-state index >= 15 is 0 Å². The topological polar surface area (TPSA) is 48.9 Å². The van der Waals surface area contributed by atoms with E-state index in [0.29, 0.717) is 18.0 Å². The van der Waals surface area contributed by atoms with E-state index in [1.807, 2.05) is 19.1 Å². The van der Waals surface area contributed by atoms with Crippen molar-refractivity contribution in [1.29, 1.82) is 0 Å². The molecule has 5 nitrogen and oxygen atoms in total. The number of ether oxygens (including phenoxy) is 1. The molecular formula is C20H31F3N4O. The number of nitrogens with zero attached hydrogens (tertiary/aromatic N) is 2. The molecule has 1 aliphatic heterocycles. The van der Waals surface area contributed by atoms with Crippen LogP contribution in [0.5, 0.6) is 0 Å². The number of hydrogen-bond acceptors (Lipinski definition) is 3. The van der Waals surface area contributed by atoms with Gasteiger partial charge in [0, 0.05) is 13.1 Å². The van der Waals surface area contributed by atoms with Crippen LogP contribution < -0.4 is 10.6 Å². The average Bonchev–Trinajstić information content (AvgIpc) is 2.65. The minimum Gasteiger partial charge on any atom is -0.367 e. The van der Waals surface area contributed by atoms with Gasteiger partial charge in [-0.15, -0.1) is 0 Å². The Balaban J connectivity index is 1.79. The van der Waals surface area contributed by atoms with E-state index < -0.39 is 12.8 Å². The zero-order valence-corrected chi connectivity index (χ0v) is 16.7. The van der Waals surface area contributed by atoms with Gasteiger partial charge in [0.1, 0.15) is 6.61 Å². The van der Waals surface area contributed by atoms with Gasteiger partial charge < -0.3 is 20.3 Å². The SMILES string of the molecule is CCNC(=NCc1ccc(COCC(F)(F)F)cc1)NCC1CCN(C)CC1. The van der Waals surface area contributed by atoms with Gasteiger partial charge >= 0.3 is 6.18 Å². The predicted octanol–water partition coefficient (Wildman–Crippen LogP) is 3.16. The maximum atomic E-state index is 12.1. The molecule has 0 aromatic heterocycles. The summed E-state index contributed by atoms with van der Waals surface area (Å²) < 4.78 is 41.0. The first-order valence-corrected chi connectivity index (χ1v) is 9.78. The first-order chi connectivity index (χ1) is 13.4. The highest BCUT2D eigenvalue weighted by atomic mass is 19.4. The van der Waals surface area contributed by atoms with Crippen molar-refractivity contribution in [2.75, 3.05) is 39.8 Å². The van der Waals surface area contributed by atoms with E-state index in [9.17, 15) is 13.2 Å². The number of piperidine rings is 1. The fraction of sp³-hybridized carbons (Fsp3) is 0.650. The van der Waals surface area contributed by atoms with Gasteiger partial charge in [0.2, 0.25) is 0 Å². The van der Waals surface area contributed by atoms with Crippen molar-refractivity contribution in [3.63, 3.8) is 0 Å². The van der Waals surface area contributed by atoms with Gasteiger partial charge in [-0.2, -0.15) is 13.2 Å². The van der Waals surface area contributed by atoms with E-state index in [1.54, 1.807) is 12.1 Å². The summed E-state index contributed by atoms with van der Waals surface area (Å²) >= 11 is 0. The summed E-state index contributed by atoms with van der Waals surface area (Å²) in [5.41, 5.74) is 1.71. The van der Waals surface area contributed by atoms with Gasteiger partial charge in [-0.25, -0.2) is 4.99 Å². The number of likely N-dealkylation sites (tertiary alicyclic amines) is 1. The summed E-state index contributed by atoms with van der Waals surface area (Å²) in [6, 6.07) is 7.30. The van der Waals surface area contributed by atoms with E-state index in [-0.39, 0.29) is 6.61 Å². The number of alkyl halides is 3. The molecule has 0 saturated carbocycles. The Morgan fingerprint density at radius 1 is 1.14 bits per heavy atom. The Labute approximate surface area is 165 Å². The van der Waals surface area contributed by atoms with Crippen LogP contribution in [0.15, 0.2) is 29.3 Å². The van der Waals surface area contributed by atoms with Crippen LogP contribution >= 0.6 is 0 Å². The molecule has 8 heteroatoms. The van der Waals surface area contributed by atoms with Gasteiger partial charge in [0.15, 0.2) is 5.96 Å². The minimum absolute atomic E-state index is 0.0518. The second-order valence-electron chi connectivity index (χ2n) is 7.25. The van der Waals surface area contributed by atoms with Gasteiger partial charge in [0.25, 0.3) is 0 Å². The number of guanidine groups is 1. The molecule has 158 valence electrons. The van der Waals surface area contributed by atoms with Crippen LogP contribution in [0.3, 0.4) is 0 Å². The Hall–Kier alpha value is -1.80. The van der Waals surface area contributed by atoms with Gasteiger partial charge in [-0.05, 0) is 56.9 Å². The minimum atomic E-state index is -4.29. The third-order valence-electron chi connectivity index (χ3n) is 4.72. The second-order valence-corrected chi connectivity index (χ2v) is 7.25. The monoisotopic (exact) mass is 400 g/mol. The normalized spacial score (nSPS) is 17.0. The lowest BCUT2D eigenvalue weighted by Gasteiger charge is -2.29. The summed E-state index contributed by atoms with van der Waals surface area (Å²) in [7, 11) is 2.16. The molecule has 1 aromatic carbocycles. The molecule has 0 spiro atoms. The molecule has 1 saturated heterocycles. The lowest BCUT2D eigenvalue weighted by atomic mass is 9.97. The highest BCUT2D eigenvalue weighted by Gasteiger charge is 2.27. The summed E-state index contributed by atoms with van der Waals surface area (Å²) in [5, 5.41) is 6.68. The number of aliphatic imine (C=N–C) groups is 1. The zero-order chi connectivity index (χ0) is 20.4. The van der Waals surface area contributed by atoms with Crippen molar-refractivity contribution in [3.8, 4) is 0 Å². The van der Waals surface area contributed by atoms with Crippen molar-refractivity contribution in [3.05, 3.63) is 35.4 Å². The summed E-state index contributed by atoms with van der Waals surface area (Å²) in [5.74, 6) is 1.45. The van der Waals surface area contributed by atoms with Crippen LogP contribution in [-0.2, 0) is 17.9 Å². The second kappa shape index (κ2) is 11.3. The first-order valence-electron chi connectivity index (χ1n) is 9.78. The highest BCUT2D eigenvalue weighted by Crippen LogP contribution is 2.16. The van der Waals surface area contributed by atoms with Crippen LogP contribution in [-0.4, -0.2) is 56.9 Å². The number of hydrogen-bond donors (Lipinski definition) is 2. The number of benzene rings is 1. The molecule has 28 heavy (non-hydrogen) atoms. The van der Waals surface area contributed by atoms with Crippen molar-refractivity contribution in [2.45, 2.75) is 39.1 Å². The molecule has 0 atom stereocenters. The molecule has 0 radical (unpaired) electrons. The summed E-state index contributed by atoms with van der Waals surface area (Å²) in [4.78, 5) is 6.97. The van der Waals surface area contributed by atoms with E-state index in [0.717, 1.165) is 37.7 Å². The third kappa shape index (κ3) is 8.93. The first kappa shape index (κ1) is 22.5. The number of rotatable bonds is 8. The predicted molar refractivity (Wildman–Crippen MR) is 105 cm³/mol. The van der Waals surface area contributed by atoms with Gasteiger partial charge in [0.05, 0.1) is 13.2 Å². The Kier molecular flexibility index (Phi) is 9.05. The fourth-order valence-electron chi connectivity index (χ4n) is 3.04. The quantitative estimate of drug-likeness (QED) is 0.520. The molecule has 0 aliphatic carbocycles. The van der Waals surface area contributed by atoms with Crippen LogP contribution in [0.1, 0.15) is 30.9 Å². The lowest BCUT2D eigenvalue weighted by Crippen LogP contribution is -2.42. The van der Waals surface area contributed by atoms with Gasteiger partial charge in [-0.1, -0.05) is 24.3 Å². The van der Waals surface area contributed by atoms with Crippen LogP contribution in [0.25, 0.3) is 0 Å². The maximum Gasteiger partial charge on any atom is 0.411 e. The smallest absolute Gasteiger partial charge is 0.367 e. The van der Waals surface area contributed by atoms with Crippen LogP contribution in [0.2, 0.25) is 0 Å². The molecule has 2 rings (SSSR count). The number of nitrogens with one attached hydrogen (secondary N) is 2. The van der Waals surface area contributed by atoms with Crippen molar-refractivity contribution in [2.24, 2.45) is 10.9 Å². The zero-order valence-electron chi connectivity index (χ0n) is 16.7.